The van der Waals surface area contributed by atoms with Gasteiger partial charge in [0.25, 0.3) is 0 Å². The molecule has 0 spiro atoms. The predicted octanol–water partition coefficient (Wildman–Crippen LogP) is 1.23. The third-order valence-corrected chi connectivity index (χ3v) is 5.16. The van der Waals surface area contributed by atoms with Crippen LogP contribution in [0, 0.1) is 12.3 Å². The van der Waals surface area contributed by atoms with E-state index >= 15 is 0 Å². The molecule has 1 saturated carbocycles. The minimum Gasteiger partial charge on any atom is -0.369 e. The summed E-state index contributed by atoms with van der Waals surface area (Å²) in [5.41, 5.74) is 9.04. The van der Waals surface area contributed by atoms with Gasteiger partial charge in [-0.25, -0.2) is 0 Å². The maximum absolute atomic E-state index is 12.2. The van der Waals surface area contributed by atoms with Crippen molar-refractivity contribution in [2.45, 2.75) is 38.6 Å². The third kappa shape index (κ3) is 2.34. The number of aromatic nitrogens is 2. The van der Waals surface area contributed by atoms with Crippen LogP contribution in [0.5, 0.6) is 0 Å². The number of primary amides is 1. The molecule has 2 heterocycles. The minimum absolute atomic E-state index is 0.0615. The fourth-order valence-electron chi connectivity index (χ4n) is 3.73. The van der Waals surface area contributed by atoms with E-state index in [1.807, 2.05) is 0 Å². The van der Waals surface area contributed by atoms with E-state index in [9.17, 15) is 4.79 Å². The number of hydrogen-bond acceptors (Lipinski definition) is 5. The quantitative estimate of drug-likeness (QED) is 0.885. The second kappa shape index (κ2) is 5.16. The monoisotopic (exact) mass is 312 g/mol. The number of carbonyl (C=O) groups excluding carboxylic acids is 1. The molecule has 4 rings (SSSR count). The molecule has 23 heavy (non-hydrogen) atoms. The first-order chi connectivity index (χ1) is 11.1. The lowest BCUT2D eigenvalue weighted by atomic mass is 9.87. The molecule has 1 fully saturated rings. The second-order valence-electron chi connectivity index (χ2n) is 6.62. The normalized spacial score (nSPS) is 25.9. The van der Waals surface area contributed by atoms with Crippen LogP contribution in [0.15, 0.2) is 22.7 Å². The van der Waals surface area contributed by atoms with Gasteiger partial charge in [0.15, 0.2) is 5.82 Å². The lowest BCUT2D eigenvalue weighted by Gasteiger charge is -2.22. The molecule has 6 heteroatoms. The number of hydrogen-bond donors (Lipinski definition) is 2. The van der Waals surface area contributed by atoms with Gasteiger partial charge < -0.3 is 15.6 Å². The van der Waals surface area contributed by atoms with Crippen molar-refractivity contribution >= 4 is 5.91 Å². The van der Waals surface area contributed by atoms with Crippen LogP contribution in [0.3, 0.4) is 0 Å². The number of nitrogens with zero attached hydrogens (tertiary/aromatic N) is 2. The summed E-state index contributed by atoms with van der Waals surface area (Å²) >= 11 is 0. The van der Waals surface area contributed by atoms with E-state index in [-0.39, 0.29) is 11.8 Å². The molecule has 3 N–H and O–H groups in total. The van der Waals surface area contributed by atoms with E-state index in [2.05, 4.69) is 33.7 Å². The van der Waals surface area contributed by atoms with Crippen molar-refractivity contribution in [1.29, 1.82) is 0 Å². The highest BCUT2D eigenvalue weighted by Crippen LogP contribution is 2.60. The Bertz CT molecular complexity index is 770. The molecular formula is C17H20N4O2. The van der Waals surface area contributed by atoms with Gasteiger partial charge in [-0.1, -0.05) is 23.4 Å². The highest BCUT2D eigenvalue weighted by Gasteiger charge is 2.62. The fraction of sp³-hybridized carbons (Fsp3) is 0.471. The van der Waals surface area contributed by atoms with Crippen molar-refractivity contribution in [3.05, 3.63) is 46.6 Å². The number of benzene rings is 1. The van der Waals surface area contributed by atoms with Crippen LogP contribution >= 0.6 is 0 Å². The highest BCUT2D eigenvalue weighted by atomic mass is 16.5. The van der Waals surface area contributed by atoms with Crippen LogP contribution in [0.25, 0.3) is 0 Å². The first-order valence-corrected chi connectivity index (χ1v) is 8.00. The largest absolute Gasteiger partial charge is 0.369 e. The molecule has 0 saturated heterocycles. The molecule has 120 valence electrons. The maximum atomic E-state index is 12.2. The number of nitrogens with one attached hydrogen (secondary N) is 1. The molecule has 6 nitrogen and oxygen atoms in total. The van der Waals surface area contributed by atoms with Crippen LogP contribution in [-0.2, 0) is 24.2 Å². The zero-order valence-corrected chi connectivity index (χ0v) is 13.1. The first kappa shape index (κ1) is 14.4. The van der Waals surface area contributed by atoms with Crippen molar-refractivity contribution in [2.24, 2.45) is 11.1 Å². The molecule has 0 radical (unpaired) electrons. The number of rotatable bonds is 4. The summed E-state index contributed by atoms with van der Waals surface area (Å²) < 4.78 is 5.26. The molecule has 2 atom stereocenters. The van der Waals surface area contributed by atoms with Gasteiger partial charge in [-0.05, 0) is 49.4 Å². The van der Waals surface area contributed by atoms with E-state index in [4.69, 9.17) is 10.3 Å². The number of aryl methyl sites for hydroxylation is 1. The second-order valence-corrected chi connectivity index (χ2v) is 6.62. The average Bonchev–Trinajstić information content (AvgIpc) is 3.12. The summed E-state index contributed by atoms with van der Waals surface area (Å²) in [7, 11) is 0. The molecule has 1 aliphatic carbocycles. The van der Waals surface area contributed by atoms with Gasteiger partial charge >= 0.3 is 0 Å². The summed E-state index contributed by atoms with van der Waals surface area (Å²) in [4.78, 5) is 16.4. The zero-order chi connectivity index (χ0) is 16.0. The predicted molar refractivity (Wildman–Crippen MR) is 83.6 cm³/mol. The summed E-state index contributed by atoms with van der Waals surface area (Å²) in [5.74, 6) is 0.782. The van der Waals surface area contributed by atoms with Crippen LogP contribution in [0.4, 0.5) is 0 Å². The Morgan fingerprint density at radius 3 is 3.13 bits per heavy atom. The molecule has 0 bridgehead atoms. The smallest absolute Gasteiger partial charge is 0.230 e. The Balaban J connectivity index is 1.65. The van der Waals surface area contributed by atoms with E-state index < -0.39 is 5.41 Å². The Kier molecular flexibility index (Phi) is 3.23. The lowest BCUT2D eigenvalue weighted by molar-refractivity contribution is -0.123. The van der Waals surface area contributed by atoms with Gasteiger partial charge in [0.1, 0.15) is 0 Å². The van der Waals surface area contributed by atoms with Crippen molar-refractivity contribution in [3.63, 3.8) is 0 Å². The molecule has 1 amide bonds. The summed E-state index contributed by atoms with van der Waals surface area (Å²) in [6.45, 7) is 3.63. The summed E-state index contributed by atoms with van der Waals surface area (Å²) in [6, 6.07) is 6.34. The van der Waals surface area contributed by atoms with Crippen molar-refractivity contribution in [3.8, 4) is 0 Å². The molecule has 2 aromatic rings. The highest BCUT2D eigenvalue weighted by molar-refractivity contribution is 5.86. The van der Waals surface area contributed by atoms with Crippen molar-refractivity contribution in [2.75, 3.05) is 6.54 Å². The van der Waals surface area contributed by atoms with Crippen molar-refractivity contribution in [1.82, 2.24) is 15.5 Å². The molecule has 2 aliphatic rings. The van der Waals surface area contributed by atoms with Gasteiger partial charge in [-0.3, -0.25) is 4.79 Å². The average molecular weight is 312 g/mol. The van der Waals surface area contributed by atoms with Crippen LogP contribution in [0.2, 0.25) is 0 Å². The van der Waals surface area contributed by atoms with E-state index in [0.717, 1.165) is 19.5 Å². The fourth-order valence-corrected chi connectivity index (χ4v) is 3.73. The van der Waals surface area contributed by atoms with E-state index in [1.165, 1.54) is 16.7 Å². The van der Waals surface area contributed by atoms with Crippen LogP contribution in [-0.4, -0.2) is 22.6 Å². The SMILES string of the molecule is Cc1noc(C2CC2(Cc2cccc3c2CNCC3)C(N)=O)n1. The van der Waals surface area contributed by atoms with Gasteiger partial charge in [0.05, 0.1) is 11.3 Å². The Hall–Kier alpha value is -2.21. The van der Waals surface area contributed by atoms with E-state index in [0.29, 0.717) is 24.6 Å². The lowest BCUT2D eigenvalue weighted by Crippen LogP contribution is -2.30. The number of amides is 1. The molecule has 1 aliphatic heterocycles. The first-order valence-electron chi connectivity index (χ1n) is 8.00. The van der Waals surface area contributed by atoms with Crippen LogP contribution < -0.4 is 11.1 Å². The third-order valence-electron chi connectivity index (χ3n) is 5.16. The molecule has 2 unspecified atom stereocenters. The molecule has 1 aromatic carbocycles. The van der Waals surface area contributed by atoms with Gasteiger partial charge in [0, 0.05) is 6.54 Å². The maximum Gasteiger partial charge on any atom is 0.230 e. The Labute approximate surface area is 134 Å². The summed E-state index contributed by atoms with van der Waals surface area (Å²) in [5, 5.41) is 7.24. The minimum atomic E-state index is -0.592. The van der Waals surface area contributed by atoms with Gasteiger partial charge in [-0.15, -0.1) is 0 Å². The standard InChI is InChI=1S/C17H20N4O2/c1-10-20-15(23-21-10)14-8-17(14,16(18)22)7-12-4-2-3-11-5-6-19-9-13(11)12/h2-4,14,19H,5-9H2,1H3,(H2,18,22). The number of nitrogens with two attached hydrogens (primary N) is 1. The topological polar surface area (TPSA) is 94.0 Å². The van der Waals surface area contributed by atoms with Gasteiger partial charge in [-0.2, -0.15) is 4.98 Å². The zero-order valence-electron chi connectivity index (χ0n) is 13.1. The van der Waals surface area contributed by atoms with Crippen LogP contribution in [0.1, 0.15) is 40.7 Å². The van der Waals surface area contributed by atoms with E-state index in [1.54, 1.807) is 6.92 Å². The number of fused-ring (bicyclic) bond motifs is 1. The molecular weight excluding hydrogens is 292 g/mol. The molecule has 1 aromatic heterocycles. The number of carbonyl (C=O) groups is 1. The Morgan fingerprint density at radius 2 is 2.39 bits per heavy atom. The summed E-state index contributed by atoms with van der Waals surface area (Å²) in [6.07, 6.45) is 2.35. The Morgan fingerprint density at radius 1 is 1.52 bits per heavy atom. The van der Waals surface area contributed by atoms with Crippen molar-refractivity contribution < 1.29 is 9.32 Å². The van der Waals surface area contributed by atoms with Gasteiger partial charge in [0.2, 0.25) is 11.8 Å².